The summed E-state index contributed by atoms with van der Waals surface area (Å²) in [4.78, 5) is 13.1. The number of hydrogen-bond acceptors (Lipinski definition) is 5. The molecule has 0 aliphatic carbocycles. The van der Waals surface area contributed by atoms with Gasteiger partial charge in [0.25, 0.3) is 5.91 Å². The molecule has 2 heterocycles. The summed E-state index contributed by atoms with van der Waals surface area (Å²) in [7, 11) is -3.93. The first-order chi connectivity index (χ1) is 17.5. The van der Waals surface area contributed by atoms with Gasteiger partial charge in [0.15, 0.2) is 0 Å². The Labute approximate surface area is 222 Å². The van der Waals surface area contributed by atoms with Gasteiger partial charge >= 0.3 is 6.18 Å². The van der Waals surface area contributed by atoms with Crippen LogP contribution in [0, 0.1) is 0 Å². The van der Waals surface area contributed by atoms with Crippen LogP contribution in [0.1, 0.15) is 39.2 Å². The van der Waals surface area contributed by atoms with Crippen LogP contribution in [-0.4, -0.2) is 37.4 Å². The average Bonchev–Trinajstić information content (AvgIpc) is 3.56. The van der Waals surface area contributed by atoms with Crippen LogP contribution in [0.3, 0.4) is 0 Å². The Hall–Kier alpha value is -2.44. The minimum atomic E-state index is -4.44. The van der Waals surface area contributed by atoms with Gasteiger partial charge in [-0.05, 0) is 67.8 Å². The van der Waals surface area contributed by atoms with Crippen molar-refractivity contribution in [1.82, 2.24) is 14.5 Å². The van der Waals surface area contributed by atoms with E-state index in [1.165, 1.54) is 18.2 Å². The van der Waals surface area contributed by atoms with E-state index in [0.717, 1.165) is 47.3 Å². The number of carbonyl (C=O) groups excluding carboxylic acids is 1. The van der Waals surface area contributed by atoms with E-state index in [1.54, 1.807) is 36.4 Å². The van der Waals surface area contributed by atoms with Gasteiger partial charge in [-0.3, -0.25) is 4.79 Å². The molecular weight excluding hydrogens is 547 g/mol. The van der Waals surface area contributed by atoms with Crippen molar-refractivity contribution in [2.45, 2.75) is 48.3 Å². The summed E-state index contributed by atoms with van der Waals surface area (Å²) in [5.74, 6) is -0.401. The van der Waals surface area contributed by atoms with Crippen LogP contribution in [0.5, 0.6) is 0 Å². The van der Waals surface area contributed by atoms with E-state index in [-0.39, 0.29) is 23.2 Å². The zero-order valence-electron chi connectivity index (χ0n) is 19.5. The Morgan fingerprint density at radius 2 is 1.81 bits per heavy atom. The highest BCUT2D eigenvalue weighted by atomic mass is 35.5. The monoisotopic (exact) mass is 571 g/mol. The molecule has 1 amide bonds. The van der Waals surface area contributed by atoms with Crippen molar-refractivity contribution < 1.29 is 26.4 Å². The number of nitrogens with one attached hydrogen (secondary N) is 2. The highest BCUT2D eigenvalue weighted by molar-refractivity contribution is 7.91. The van der Waals surface area contributed by atoms with Crippen molar-refractivity contribution in [3.63, 3.8) is 0 Å². The fourth-order valence-corrected chi connectivity index (χ4v) is 7.11. The third-order valence-corrected chi connectivity index (χ3v) is 9.39. The second-order valence-electron chi connectivity index (χ2n) is 8.74. The summed E-state index contributed by atoms with van der Waals surface area (Å²) in [5, 5.41) is 3.28. The van der Waals surface area contributed by atoms with Crippen LogP contribution in [-0.2, 0) is 29.2 Å². The van der Waals surface area contributed by atoms with E-state index in [4.69, 9.17) is 11.8 Å². The first kappa shape index (κ1) is 27.6. The lowest BCUT2D eigenvalue weighted by Crippen LogP contribution is -2.48. The molecule has 0 bridgehead atoms. The second-order valence-corrected chi connectivity index (χ2v) is 12.3. The molecule has 1 aliphatic rings. The number of benzene rings is 2. The number of rotatable bonds is 9. The first-order valence-electron chi connectivity index (χ1n) is 11.6. The average molecular weight is 572 g/mol. The molecule has 12 heteroatoms. The van der Waals surface area contributed by atoms with Crippen molar-refractivity contribution >= 4 is 39.0 Å². The van der Waals surface area contributed by atoms with Crippen LogP contribution in [0.25, 0.3) is 0 Å². The molecule has 0 saturated carbocycles. The predicted molar refractivity (Wildman–Crippen MR) is 137 cm³/mol. The summed E-state index contributed by atoms with van der Waals surface area (Å²) in [6.07, 6.45) is -2.59. The Bertz CT molecular complexity index is 1310. The van der Waals surface area contributed by atoms with E-state index in [1.807, 2.05) is 0 Å². The lowest BCUT2D eigenvalue weighted by atomic mass is 9.98. The van der Waals surface area contributed by atoms with Crippen LogP contribution < -0.4 is 10.0 Å². The van der Waals surface area contributed by atoms with Crippen molar-refractivity contribution in [1.29, 1.82) is 0 Å². The molecule has 2 unspecified atom stereocenters. The van der Waals surface area contributed by atoms with Gasteiger partial charge in [0.2, 0.25) is 10.0 Å². The van der Waals surface area contributed by atoms with Crippen molar-refractivity contribution in [2.75, 3.05) is 6.54 Å². The number of nitrogens with zero attached hydrogens (tertiary/aromatic N) is 1. The smallest absolute Gasteiger partial charge is 0.312 e. The molecule has 6 nitrogen and oxygen atoms in total. The third-order valence-electron chi connectivity index (χ3n) is 6.07. The molecule has 3 aromatic rings. The van der Waals surface area contributed by atoms with Crippen LogP contribution >= 0.6 is 23.1 Å². The number of sulfonamides is 1. The minimum absolute atomic E-state index is 0.0225. The maximum atomic E-state index is 13.2. The Balaban J connectivity index is 1.46. The van der Waals surface area contributed by atoms with Crippen molar-refractivity contribution in [2.24, 2.45) is 0 Å². The van der Waals surface area contributed by atoms with E-state index >= 15 is 0 Å². The summed E-state index contributed by atoms with van der Waals surface area (Å²) in [6.45, 7) is 0.759. The molecule has 1 fully saturated rings. The van der Waals surface area contributed by atoms with Gasteiger partial charge < -0.3 is 5.32 Å². The molecule has 1 saturated heterocycles. The Morgan fingerprint density at radius 3 is 2.43 bits per heavy atom. The van der Waals surface area contributed by atoms with Crippen molar-refractivity contribution in [3.8, 4) is 0 Å². The number of alkyl halides is 3. The molecule has 0 spiro atoms. The summed E-state index contributed by atoms with van der Waals surface area (Å²) >= 11 is 7.17. The Kier molecular flexibility index (Phi) is 8.59. The second kappa shape index (κ2) is 11.5. The highest BCUT2D eigenvalue weighted by Gasteiger charge is 2.32. The molecule has 0 radical (unpaired) electrons. The van der Waals surface area contributed by atoms with Gasteiger partial charge in [0.1, 0.15) is 4.21 Å². The zero-order chi connectivity index (χ0) is 26.6. The van der Waals surface area contributed by atoms with E-state index in [9.17, 15) is 26.4 Å². The van der Waals surface area contributed by atoms with Gasteiger partial charge in [0, 0.05) is 34.3 Å². The molecule has 198 valence electrons. The summed E-state index contributed by atoms with van der Waals surface area (Å²) in [6, 6.07) is 15.6. The normalized spacial score (nSPS) is 17.0. The summed E-state index contributed by atoms with van der Waals surface area (Å²) < 4.78 is 69.0. The van der Waals surface area contributed by atoms with Crippen LogP contribution in [0.2, 0.25) is 0 Å². The fraction of sp³-hybridized carbons (Fsp3) is 0.320. The lowest BCUT2D eigenvalue weighted by Gasteiger charge is -2.25. The maximum absolute atomic E-state index is 13.2. The molecule has 37 heavy (non-hydrogen) atoms. The number of thiophene rings is 1. The summed E-state index contributed by atoms with van der Waals surface area (Å²) in [5.41, 5.74) is 0.259. The highest BCUT2D eigenvalue weighted by Crippen LogP contribution is 2.30. The number of amides is 1. The minimum Gasteiger partial charge on any atom is -0.312 e. The van der Waals surface area contributed by atoms with Crippen LogP contribution in [0.15, 0.2) is 70.9 Å². The molecule has 1 aromatic heterocycles. The maximum Gasteiger partial charge on any atom is 0.416 e. The van der Waals surface area contributed by atoms with Gasteiger partial charge in [0.05, 0.1) is 12.1 Å². The molecule has 4 rings (SSSR count). The van der Waals surface area contributed by atoms with Gasteiger partial charge in [-0.25, -0.2) is 17.6 Å². The van der Waals surface area contributed by atoms with E-state index < -0.39 is 33.7 Å². The van der Waals surface area contributed by atoms with Crippen molar-refractivity contribution in [3.05, 3.63) is 88.3 Å². The SMILES string of the molecule is O=C(c1ccccc1)N(Cl)Cc1ccc(S(=O)(=O)NC(Cc2ccc(C(F)(F)F)cc2)C2CCCN2)s1. The number of halogens is 4. The molecule has 2 atom stereocenters. The zero-order valence-corrected chi connectivity index (χ0v) is 21.9. The van der Waals surface area contributed by atoms with Gasteiger partial charge in [-0.15, -0.1) is 11.3 Å². The van der Waals surface area contributed by atoms with Gasteiger partial charge in [-0.1, -0.05) is 30.3 Å². The van der Waals surface area contributed by atoms with Crippen LogP contribution in [0.4, 0.5) is 13.2 Å². The molecule has 2 N–H and O–H groups in total. The van der Waals surface area contributed by atoms with E-state index in [2.05, 4.69) is 10.0 Å². The molecular formula is C25H25ClF3N3O3S2. The predicted octanol–water partition coefficient (Wildman–Crippen LogP) is 5.20. The topological polar surface area (TPSA) is 78.5 Å². The Morgan fingerprint density at radius 1 is 1.11 bits per heavy atom. The standard InChI is InChI=1S/C25H25ClF3N3O3S2/c26-32(24(33)18-5-2-1-3-6-18)16-20-12-13-23(36-20)37(34,35)31-22(21-7-4-14-30-21)15-17-8-10-19(11-9-17)25(27,28)29/h1-3,5-6,8-13,21-22,30-31H,4,7,14-16H2. The van der Waals surface area contributed by atoms with Gasteiger partial charge in [-0.2, -0.15) is 13.2 Å². The number of hydrogen-bond donors (Lipinski definition) is 2. The first-order valence-corrected chi connectivity index (χ1v) is 14.2. The third kappa shape index (κ3) is 7.11. The largest absolute Gasteiger partial charge is 0.416 e. The molecule has 2 aromatic carbocycles. The number of carbonyl (C=O) groups is 1. The molecule has 1 aliphatic heterocycles. The fourth-order valence-electron chi connectivity index (χ4n) is 4.18. The van der Waals surface area contributed by atoms with E-state index in [0.29, 0.717) is 16.0 Å². The lowest BCUT2D eigenvalue weighted by molar-refractivity contribution is -0.137. The quantitative estimate of drug-likeness (QED) is 0.346.